The summed E-state index contributed by atoms with van der Waals surface area (Å²) in [4.78, 5) is 25.1. The van der Waals surface area contributed by atoms with Crippen molar-refractivity contribution in [3.8, 4) is 0 Å². The molecule has 1 aromatic carbocycles. The van der Waals surface area contributed by atoms with Gasteiger partial charge < -0.3 is 9.64 Å². The summed E-state index contributed by atoms with van der Waals surface area (Å²) in [6, 6.07) is 9.53. The molecule has 5 heteroatoms. The van der Waals surface area contributed by atoms with Crippen LogP contribution in [0.1, 0.15) is 17.7 Å². The van der Waals surface area contributed by atoms with E-state index in [0.717, 1.165) is 5.56 Å². The lowest BCUT2D eigenvalue weighted by molar-refractivity contribution is -0.137. The van der Waals surface area contributed by atoms with E-state index in [-0.39, 0.29) is 11.2 Å². The van der Waals surface area contributed by atoms with Crippen molar-refractivity contribution in [3.05, 3.63) is 47.0 Å². The predicted octanol–water partition coefficient (Wildman–Crippen LogP) is 2.34. The first-order chi connectivity index (χ1) is 9.13. The minimum Gasteiger partial charge on any atom is -0.463 e. The molecule has 1 atom stereocenters. The van der Waals surface area contributed by atoms with Crippen LogP contribution in [0, 0.1) is 0 Å². The van der Waals surface area contributed by atoms with Gasteiger partial charge in [-0.25, -0.2) is 4.79 Å². The van der Waals surface area contributed by atoms with E-state index in [0.29, 0.717) is 11.6 Å². The summed E-state index contributed by atoms with van der Waals surface area (Å²) in [5.41, 5.74) is 0.941. The lowest BCUT2D eigenvalue weighted by Gasteiger charge is -2.09. The maximum atomic E-state index is 12.2. The topological polar surface area (TPSA) is 46.6 Å². The fraction of sp³-hybridized carbons (Fsp3) is 0.286. The van der Waals surface area contributed by atoms with E-state index >= 15 is 0 Å². The maximum absolute atomic E-state index is 12.2. The summed E-state index contributed by atoms with van der Waals surface area (Å²) >= 11 is 1.37. The predicted molar refractivity (Wildman–Crippen MR) is 74.3 cm³/mol. The molecule has 1 saturated heterocycles. The first-order valence-corrected chi connectivity index (χ1v) is 6.89. The number of rotatable bonds is 3. The molecular formula is C14H15NO3S. The Kier molecular flexibility index (Phi) is 4.27. The van der Waals surface area contributed by atoms with Gasteiger partial charge in [0.25, 0.3) is 0 Å². The number of likely N-dealkylation sites (N-methyl/N-ethyl adjacent to an activating group) is 1. The Morgan fingerprint density at radius 3 is 2.74 bits per heavy atom. The summed E-state index contributed by atoms with van der Waals surface area (Å²) in [7, 11) is 1.67. The lowest BCUT2D eigenvalue weighted by atomic mass is 10.1. The quantitative estimate of drug-likeness (QED) is 0.628. The highest BCUT2D eigenvalue weighted by Crippen LogP contribution is 2.43. The van der Waals surface area contributed by atoms with Crippen LogP contribution in [0.15, 0.2) is 41.4 Å². The second-order valence-corrected chi connectivity index (χ2v) is 5.17. The first-order valence-electron chi connectivity index (χ1n) is 6.01. The summed E-state index contributed by atoms with van der Waals surface area (Å²) < 4.78 is 4.86. The third-order valence-electron chi connectivity index (χ3n) is 2.75. The summed E-state index contributed by atoms with van der Waals surface area (Å²) in [5, 5.41) is 0.337. The van der Waals surface area contributed by atoms with Crippen LogP contribution in [0.25, 0.3) is 0 Å². The molecule has 0 N–H and O–H groups in total. The molecule has 2 rings (SSSR count). The van der Waals surface area contributed by atoms with E-state index in [1.54, 1.807) is 14.0 Å². The summed E-state index contributed by atoms with van der Waals surface area (Å²) in [5.74, 6) is -0.440. The molecule has 0 aliphatic carbocycles. The smallest absolute Gasteiger partial charge is 0.333 e. The highest BCUT2D eigenvalue weighted by molar-refractivity contribution is 8.04. The van der Waals surface area contributed by atoms with Gasteiger partial charge in [0.15, 0.2) is 0 Å². The van der Waals surface area contributed by atoms with Gasteiger partial charge in [0.2, 0.25) is 5.91 Å². The van der Waals surface area contributed by atoms with Crippen molar-refractivity contribution < 1.29 is 14.3 Å². The van der Waals surface area contributed by atoms with Crippen molar-refractivity contribution in [1.29, 1.82) is 0 Å². The molecular weight excluding hydrogens is 262 g/mol. The van der Waals surface area contributed by atoms with E-state index in [2.05, 4.69) is 0 Å². The van der Waals surface area contributed by atoms with Crippen LogP contribution in [0.4, 0.5) is 0 Å². The molecule has 0 saturated carbocycles. The Bertz CT molecular complexity index is 513. The number of hydrogen-bond donors (Lipinski definition) is 0. The van der Waals surface area contributed by atoms with Gasteiger partial charge >= 0.3 is 5.97 Å². The Morgan fingerprint density at radius 2 is 2.11 bits per heavy atom. The SMILES string of the molecule is CCOC(=O)C=C1SC(c2ccccc2)C(=O)N1C. The Hall–Kier alpha value is -1.75. The van der Waals surface area contributed by atoms with E-state index in [9.17, 15) is 9.59 Å². The number of ether oxygens (including phenoxy) is 1. The molecule has 1 aliphatic heterocycles. The van der Waals surface area contributed by atoms with Crippen LogP contribution in [0.5, 0.6) is 0 Å². The van der Waals surface area contributed by atoms with Crippen LogP contribution in [0.3, 0.4) is 0 Å². The maximum Gasteiger partial charge on any atom is 0.333 e. The molecule has 0 aromatic heterocycles. The van der Waals surface area contributed by atoms with E-state index in [1.807, 2.05) is 30.3 Å². The Balaban J connectivity index is 2.20. The van der Waals surface area contributed by atoms with Crippen LogP contribution >= 0.6 is 11.8 Å². The first kappa shape index (κ1) is 13.7. The largest absolute Gasteiger partial charge is 0.463 e. The van der Waals surface area contributed by atoms with E-state index in [1.165, 1.54) is 22.7 Å². The number of esters is 1. The zero-order valence-electron chi connectivity index (χ0n) is 10.8. The third kappa shape index (κ3) is 2.98. The fourth-order valence-corrected chi connectivity index (χ4v) is 2.99. The summed E-state index contributed by atoms with van der Waals surface area (Å²) in [6.45, 7) is 2.08. The second kappa shape index (κ2) is 5.93. The number of benzene rings is 1. The number of carbonyl (C=O) groups is 2. The van der Waals surface area contributed by atoms with Crippen molar-refractivity contribution in [2.45, 2.75) is 12.2 Å². The molecule has 100 valence electrons. The highest BCUT2D eigenvalue weighted by atomic mass is 32.2. The molecule has 0 bridgehead atoms. The van der Waals surface area contributed by atoms with E-state index < -0.39 is 5.97 Å². The molecule has 1 fully saturated rings. The van der Waals surface area contributed by atoms with Crippen LogP contribution in [-0.2, 0) is 14.3 Å². The molecule has 0 spiro atoms. The number of hydrogen-bond acceptors (Lipinski definition) is 4. The van der Waals surface area contributed by atoms with Gasteiger partial charge in [-0.15, -0.1) is 0 Å². The van der Waals surface area contributed by atoms with Crippen molar-refractivity contribution in [3.63, 3.8) is 0 Å². The average Bonchev–Trinajstić information content (AvgIpc) is 2.68. The minimum absolute atomic E-state index is 0.0215. The van der Waals surface area contributed by atoms with Crippen molar-refractivity contribution in [2.75, 3.05) is 13.7 Å². The third-order valence-corrected chi connectivity index (χ3v) is 4.10. The molecule has 0 radical (unpaired) electrons. The Labute approximate surface area is 116 Å². The van der Waals surface area contributed by atoms with Gasteiger partial charge in [0, 0.05) is 7.05 Å². The van der Waals surface area contributed by atoms with Crippen LogP contribution in [-0.4, -0.2) is 30.4 Å². The fourth-order valence-electron chi connectivity index (χ4n) is 1.79. The van der Waals surface area contributed by atoms with Crippen molar-refractivity contribution in [1.82, 2.24) is 4.90 Å². The normalized spacial score (nSPS) is 20.9. The molecule has 1 amide bonds. The Morgan fingerprint density at radius 1 is 1.42 bits per heavy atom. The molecule has 1 aromatic rings. The van der Waals surface area contributed by atoms with Crippen LogP contribution in [0.2, 0.25) is 0 Å². The highest BCUT2D eigenvalue weighted by Gasteiger charge is 2.35. The van der Waals surface area contributed by atoms with Gasteiger partial charge in [0.1, 0.15) is 5.25 Å². The van der Waals surface area contributed by atoms with Crippen molar-refractivity contribution >= 4 is 23.6 Å². The van der Waals surface area contributed by atoms with Gasteiger partial charge in [-0.3, -0.25) is 4.79 Å². The standard InChI is InChI=1S/C14H15NO3S/c1-3-18-12(16)9-11-15(2)14(17)13(19-11)10-7-5-4-6-8-10/h4-9,13H,3H2,1-2H3. The number of thioether (sulfide) groups is 1. The number of amides is 1. The monoisotopic (exact) mass is 277 g/mol. The van der Waals surface area contributed by atoms with E-state index in [4.69, 9.17) is 4.74 Å². The van der Waals surface area contributed by atoms with Gasteiger partial charge in [-0.2, -0.15) is 0 Å². The number of carbonyl (C=O) groups excluding carboxylic acids is 2. The van der Waals surface area contributed by atoms with Gasteiger partial charge in [-0.1, -0.05) is 42.1 Å². The van der Waals surface area contributed by atoms with Crippen LogP contribution < -0.4 is 0 Å². The molecule has 19 heavy (non-hydrogen) atoms. The second-order valence-electron chi connectivity index (χ2n) is 4.04. The van der Waals surface area contributed by atoms with Gasteiger partial charge in [0.05, 0.1) is 17.7 Å². The van der Waals surface area contributed by atoms with Gasteiger partial charge in [-0.05, 0) is 12.5 Å². The average molecular weight is 277 g/mol. The number of nitrogens with zero attached hydrogens (tertiary/aromatic N) is 1. The molecule has 4 nitrogen and oxygen atoms in total. The van der Waals surface area contributed by atoms with Crippen molar-refractivity contribution in [2.24, 2.45) is 0 Å². The summed E-state index contributed by atoms with van der Waals surface area (Å²) in [6.07, 6.45) is 1.37. The lowest BCUT2D eigenvalue weighted by Crippen LogP contribution is -2.21. The minimum atomic E-state index is -0.418. The zero-order valence-corrected chi connectivity index (χ0v) is 11.6. The zero-order chi connectivity index (χ0) is 13.8. The molecule has 1 unspecified atom stereocenters. The molecule has 1 aliphatic rings. The molecule has 1 heterocycles.